The van der Waals surface area contributed by atoms with Crippen LogP contribution in [0.2, 0.25) is 18.1 Å². The molecule has 0 aliphatic carbocycles. The van der Waals surface area contributed by atoms with Crippen LogP contribution >= 0.6 is 0 Å². The zero-order valence-corrected chi connectivity index (χ0v) is 18.2. The molecule has 1 aliphatic heterocycles. The van der Waals surface area contributed by atoms with E-state index in [4.69, 9.17) is 4.43 Å². The van der Waals surface area contributed by atoms with Gasteiger partial charge in [-0.15, -0.1) is 0 Å². The molecule has 28 heavy (non-hydrogen) atoms. The van der Waals surface area contributed by atoms with Gasteiger partial charge in [0.2, 0.25) is 0 Å². The molecule has 0 atom stereocenters. The smallest absolute Gasteiger partial charge is 0.405 e. The first kappa shape index (κ1) is 22.1. The van der Waals surface area contributed by atoms with Crippen molar-refractivity contribution in [3.63, 3.8) is 0 Å². The van der Waals surface area contributed by atoms with Gasteiger partial charge in [-0.1, -0.05) is 20.8 Å². The van der Waals surface area contributed by atoms with E-state index in [0.717, 1.165) is 0 Å². The number of hydrogen-bond acceptors (Lipinski definition) is 6. The minimum absolute atomic E-state index is 0.0223. The lowest BCUT2D eigenvalue weighted by molar-refractivity contribution is -0.388. The number of carboxylic acid groups (broad SMARTS) is 1. The average molecular weight is 411 g/mol. The summed E-state index contributed by atoms with van der Waals surface area (Å²) >= 11 is 0. The van der Waals surface area contributed by atoms with Crippen LogP contribution in [0.15, 0.2) is 18.3 Å². The second kappa shape index (κ2) is 8.04. The van der Waals surface area contributed by atoms with Crippen LogP contribution in [0.1, 0.15) is 33.6 Å². The highest BCUT2D eigenvalue weighted by Gasteiger charge is 2.43. The molecule has 0 radical (unpaired) electrons. The molecule has 1 saturated heterocycles. The molecule has 0 spiro atoms. The number of aromatic nitrogens is 1. The van der Waals surface area contributed by atoms with E-state index in [2.05, 4.69) is 44.2 Å². The third-order valence-electron chi connectivity index (χ3n) is 5.89. The van der Waals surface area contributed by atoms with Gasteiger partial charge in [0.25, 0.3) is 0 Å². The van der Waals surface area contributed by atoms with Crippen LogP contribution in [0.4, 0.5) is 16.3 Å². The van der Waals surface area contributed by atoms with Crippen LogP contribution in [0, 0.1) is 10.1 Å². The van der Waals surface area contributed by atoms with Gasteiger partial charge in [0.1, 0.15) is 11.9 Å². The number of anilines is 1. The predicted molar refractivity (Wildman–Crippen MR) is 109 cm³/mol. The SMILES string of the molecule is CC(C)(C)[Si](C)(C)OCC1(NC(=O)O)CCN(c2cccnc2[N+](=O)[O-])CC1. The van der Waals surface area contributed by atoms with E-state index >= 15 is 0 Å². The van der Waals surface area contributed by atoms with Crippen molar-refractivity contribution in [2.75, 3.05) is 24.6 Å². The quantitative estimate of drug-likeness (QED) is 0.418. The lowest BCUT2D eigenvalue weighted by atomic mass is 9.88. The van der Waals surface area contributed by atoms with Crippen molar-refractivity contribution >= 4 is 25.9 Å². The molecule has 2 heterocycles. The molecule has 0 bridgehead atoms. The Morgan fingerprint density at radius 3 is 2.54 bits per heavy atom. The molecule has 10 heteroatoms. The number of amides is 1. The van der Waals surface area contributed by atoms with Crippen LogP contribution in [0.25, 0.3) is 0 Å². The van der Waals surface area contributed by atoms with Crippen molar-refractivity contribution in [1.82, 2.24) is 10.3 Å². The van der Waals surface area contributed by atoms with Crippen molar-refractivity contribution in [3.8, 4) is 0 Å². The van der Waals surface area contributed by atoms with Gasteiger partial charge in [0.15, 0.2) is 8.32 Å². The zero-order valence-electron chi connectivity index (χ0n) is 17.2. The molecule has 1 amide bonds. The van der Waals surface area contributed by atoms with Crippen molar-refractivity contribution in [1.29, 1.82) is 0 Å². The number of hydrogen-bond donors (Lipinski definition) is 2. The Bertz CT molecular complexity index is 727. The van der Waals surface area contributed by atoms with Crippen molar-refractivity contribution < 1.29 is 19.3 Å². The summed E-state index contributed by atoms with van der Waals surface area (Å²) in [4.78, 5) is 27.9. The second-order valence-corrected chi connectivity index (χ2v) is 13.7. The maximum Gasteiger partial charge on any atom is 0.405 e. The lowest BCUT2D eigenvalue weighted by Gasteiger charge is -2.45. The molecule has 1 aromatic rings. The van der Waals surface area contributed by atoms with Gasteiger partial charge in [-0.05, 0) is 53.0 Å². The molecule has 9 nitrogen and oxygen atoms in total. The number of piperidine rings is 1. The molecule has 0 unspecified atom stereocenters. The van der Waals surface area contributed by atoms with E-state index in [9.17, 15) is 20.0 Å². The van der Waals surface area contributed by atoms with Gasteiger partial charge >= 0.3 is 11.9 Å². The van der Waals surface area contributed by atoms with Crippen molar-refractivity contribution in [3.05, 3.63) is 28.4 Å². The number of nitrogens with zero attached hydrogens (tertiary/aromatic N) is 3. The topological polar surface area (TPSA) is 118 Å². The summed E-state index contributed by atoms with van der Waals surface area (Å²) in [6.07, 6.45) is 1.31. The maximum absolute atomic E-state index is 11.4. The molecule has 1 aromatic heterocycles. The highest BCUT2D eigenvalue weighted by molar-refractivity contribution is 6.74. The molecule has 2 rings (SSSR count). The monoisotopic (exact) mass is 410 g/mol. The van der Waals surface area contributed by atoms with Gasteiger partial charge in [0.05, 0.1) is 12.1 Å². The minimum atomic E-state index is -2.04. The molecule has 2 N–H and O–H groups in total. The minimum Gasteiger partial charge on any atom is -0.465 e. The maximum atomic E-state index is 11.4. The largest absolute Gasteiger partial charge is 0.465 e. The first-order valence-electron chi connectivity index (χ1n) is 9.36. The Labute approximate surface area is 166 Å². The normalized spacial score (nSPS) is 17.2. The summed E-state index contributed by atoms with van der Waals surface area (Å²) in [7, 11) is -2.04. The van der Waals surface area contributed by atoms with Crippen molar-refractivity contribution in [2.45, 2.75) is 57.3 Å². The Morgan fingerprint density at radius 2 is 2.04 bits per heavy atom. The summed E-state index contributed by atoms with van der Waals surface area (Å²) in [6, 6.07) is 3.34. The molecular weight excluding hydrogens is 380 g/mol. The Hall–Kier alpha value is -2.20. The average Bonchev–Trinajstić information content (AvgIpc) is 2.59. The summed E-state index contributed by atoms with van der Waals surface area (Å²) in [5.41, 5.74) is -0.240. The molecule has 1 fully saturated rings. The summed E-state index contributed by atoms with van der Waals surface area (Å²) in [6.45, 7) is 12.0. The van der Waals surface area contributed by atoms with Gasteiger partial charge < -0.3 is 29.9 Å². The van der Waals surface area contributed by atoms with Gasteiger partial charge in [-0.25, -0.2) is 4.79 Å². The van der Waals surface area contributed by atoms with E-state index in [1.165, 1.54) is 6.20 Å². The fraction of sp³-hybridized carbons (Fsp3) is 0.667. The molecule has 1 aliphatic rings. The molecule has 156 valence electrons. The third kappa shape index (κ3) is 4.99. The van der Waals surface area contributed by atoms with E-state index < -0.39 is 24.9 Å². The third-order valence-corrected chi connectivity index (χ3v) is 10.4. The number of nitrogens with one attached hydrogen (secondary N) is 1. The lowest BCUT2D eigenvalue weighted by Crippen LogP contribution is -2.59. The fourth-order valence-electron chi connectivity index (χ4n) is 3.02. The Balaban J connectivity index is 2.15. The predicted octanol–water partition coefficient (Wildman–Crippen LogP) is 3.62. The second-order valence-electron chi connectivity index (χ2n) is 8.85. The Morgan fingerprint density at radius 1 is 1.43 bits per heavy atom. The zero-order chi connectivity index (χ0) is 21.2. The summed E-state index contributed by atoms with van der Waals surface area (Å²) in [5, 5.41) is 23.3. The van der Waals surface area contributed by atoms with Crippen molar-refractivity contribution in [2.24, 2.45) is 0 Å². The van der Waals surface area contributed by atoms with Gasteiger partial charge in [-0.3, -0.25) is 0 Å². The van der Waals surface area contributed by atoms with E-state index in [-0.39, 0.29) is 10.9 Å². The van der Waals surface area contributed by atoms with Crippen LogP contribution < -0.4 is 10.2 Å². The number of rotatable bonds is 6. The van der Waals surface area contributed by atoms with Crippen LogP contribution in [0.5, 0.6) is 0 Å². The number of pyridine rings is 1. The molecular formula is C18H30N4O5Si. The van der Waals surface area contributed by atoms with Crippen LogP contribution in [-0.4, -0.2) is 54.7 Å². The molecule has 0 aromatic carbocycles. The highest BCUT2D eigenvalue weighted by Crippen LogP contribution is 2.38. The van der Waals surface area contributed by atoms with Crippen LogP contribution in [0.3, 0.4) is 0 Å². The summed E-state index contributed by atoms with van der Waals surface area (Å²) < 4.78 is 6.31. The van der Waals surface area contributed by atoms with E-state index in [1.54, 1.807) is 12.1 Å². The Kier molecular flexibility index (Phi) is 6.34. The van der Waals surface area contributed by atoms with Gasteiger partial charge in [0, 0.05) is 13.1 Å². The first-order chi connectivity index (χ1) is 12.9. The standard InChI is InChI=1S/C18H30N4O5Si/c1-17(2,3)28(4,5)27-13-18(20-16(23)24)8-11-21(12-9-18)14-7-6-10-19-15(14)22(25)26/h6-7,10,20H,8-9,11-13H2,1-5H3,(H,23,24). The van der Waals surface area contributed by atoms with E-state index in [1.807, 2.05) is 4.90 Å². The van der Waals surface area contributed by atoms with E-state index in [0.29, 0.717) is 38.2 Å². The number of nitro groups is 1. The molecule has 0 saturated carbocycles. The van der Waals surface area contributed by atoms with Gasteiger partial charge in [-0.2, -0.15) is 0 Å². The fourth-order valence-corrected chi connectivity index (χ4v) is 4.09. The van der Waals surface area contributed by atoms with Crippen LogP contribution in [-0.2, 0) is 4.43 Å². The highest BCUT2D eigenvalue weighted by atomic mass is 28.4. The summed E-state index contributed by atoms with van der Waals surface area (Å²) in [5.74, 6) is -0.182. The number of carbonyl (C=O) groups is 1. The first-order valence-corrected chi connectivity index (χ1v) is 12.3.